The first-order valence-corrected chi connectivity index (χ1v) is 9.56. The van der Waals surface area contributed by atoms with Crippen molar-refractivity contribution in [1.82, 2.24) is 15.6 Å². The predicted molar refractivity (Wildman–Crippen MR) is 105 cm³/mol. The van der Waals surface area contributed by atoms with Crippen LogP contribution in [0.15, 0.2) is 42.7 Å². The Labute approximate surface area is 160 Å². The minimum Gasteiger partial charge on any atom is -0.490 e. The van der Waals surface area contributed by atoms with Crippen LogP contribution in [-0.2, 0) is 11.3 Å². The topological polar surface area (TPSA) is 72.5 Å². The Bertz CT molecular complexity index is 747. The van der Waals surface area contributed by atoms with Crippen LogP contribution in [0.4, 0.5) is 4.79 Å². The third-order valence-electron chi connectivity index (χ3n) is 4.52. The number of carbonyl (C=O) groups excluding carboxylic acids is 1. The smallest absolute Gasteiger partial charge is 0.407 e. The van der Waals surface area contributed by atoms with Gasteiger partial charge in [0.25, 0.3) is 0 Å². The highest BCUT2D eigenvalue weighted by atomic mass is 16.5. The van der Waals surface area contributed by atoms with Crippen LogP contribution in [0.3, 0.4) is 0 Å². The van der Waals surface area contributed by atoms with E-state index in [1.54, 1.807) is 6.20 Å². The van der Waals surface area contributed by atoms with Gasteiger partial charge in [0.15, 0.2) is 0 Å². The zero-order chi connectivity index (χ0) is 18.9. The van der Waals surface area contributed by atoms with Gasteiger partial charge in [-0.05, 0) is 42.6 Å². The van der Waals surface area contributed by atoms with Gasteiger partial charge < -0.3 is 20.1 Å². The number of hydrogen-bond acceptors (Lipinski definition) is 5. The molecule has 6 heteroatoms. The molecule has 1 aliphatic heterocycles. The van der Waals surface area contributed by atoms with Crippen molar-refractivity contribution >= 4 is 6.09 Å². The number of ether oxygens (including phenoxy) is 2. The minimum absolute atomic E-state index is 0.379. The maximum absolute atomic E-state index is 11.7. The van der Waals surface area contributed by atoms with Crippen molar-refractivity contribution in [2.24, 2.45) is 0 Å². The standard InChI is InChI=1S/C21H27N3O3/c1-2-3-9-26-21(25)24-12-16-5-4-6-17(10-16)18-11-20(14-22-13-18)27-15-19-7-8-23-19/h4-6,10-11,13-14,19,23H,2-3,7-9,12,15H2,1H3,(H,24,25)/t19-/m0/s1. The van der Waals surface area contributed by atoms with E-state index < -0.39 is 0 Å². The van der Waals surface area contributed by atoms with Crippen molar-refractivity contribution in [3.8, 4) is 16.9 Å². The van der Waals surface area contributed by atoms with Crippen molar-refractivity contribution in [3.05, 3.63) is 48.3 Å². The van der Waals surface area contributed by atoms with Gasteiger partial charge in [-0.3, -0.25) is 4.98 Å². The van der Waals surface area contributed by atoms with E-state index in [4.69, 9.17) is 9.47 Å². The fourth-order valence-corrected chi connectivity index (χ4v) is 2.74. The van der Waals surface area contributed by atoms with Crippen molar-refractivity contribution in [2.75, 3.05) is 19.8 Å². The molecular formula is C21H27N3O3. The number of hydrogen-bond donors (Lipinski definition) is 2. The highest BCUT2D eigenvalue weighted by molar-refractivity contribution is 5.68. The summed E-state index contributed by atoms with van der Waals surface area (Å²) < 4.78 is 10.9. The van der Waals surface area contributed by atoms with Crippen LogP contribution in [0.5, 0.6) is 5.75 Å². The van der Waals surface area contributed by atoms with Gasteiger partial charge in [-0.25, -0.2) is 4.79 Å². The number of aromatic nitrogens is 1. The lowest BCUT2D eigenvalue weighted by Gasteiger charge is -2.27. The van der Waals surface area contributed by atoms with E-state index in [0.29, 0.717) is 25.8 Å². The molecule has 0 radical (unpaired) electrons. The van der Waals surface area contributed by atoms with Crippen LogP contribution in [0.25, 0.3) is 11.1 Å². The Morgan fingerprint density at radius 1 is 1.30 bits per heavy atom. The molecule has 0 bridgehead atoms. The van der Waals surface area contributed by atoms with E-state index in [0.717, 1.165) is 48.2 Å². The number of pyridine rings is 1. The molecule has 0 aliphatic carbocycles. The fraction of sp³-hybridized carbons (Fsp3) is 0.429. The molecule has 1 saturated heterocycles. The van der Waals surface area contributed by atoms with E-state index in [-0.39, 0.29) is 6.09 Å². The normalized spacial score (nSPS) is 15.7. The number of rotatable bonds is 9. The average Bonchev–Trinajstić information content (AvgIpc) is 2.66. The van der Waals surface area contributed by atoms with Crippen molar-refractivity contribution in [3.63, 3.8) is 0 Å². The number of benzene rings is 1. The maximum Gasteiger partial charge on any atom is 0.407 e. The van der Waals surface area contributed by atoms with Gasteiger partial charge in [0, 0.05) is 24.3 Å². The van der Waals surface area contributed by atoms with E-state index >= 15 is 0 Å². The second-order valence-corrected chi connectivity index (χ2v) is 6.70. The first-order chi connectivity index (χ1) is 13.2. The van der Waals surface area contributed by atoms with Gasteiger partial charge >= 0.3 is 6.09 Å². The van der Waals surface area contributed by atoms with Crippen LogP contribution < -0.4 is 15.4 Å². The lowest BCUT2D eigenvalue weighted by atomic mass is 10.0. The molecule has 1 atom stereocenters. The Morgan fingerprint density at radius 3 is 2.96 bits per heavy atom. The third-order valence-corrected chi connectivity index (χ3v) is 4.52. The molecule has 1 aliphatic rings. The highest BCUT2D eigenvalue weighted by Crippen LogP contribution is 2.24. The van der Waals surface area contributed by atoms with Gasteiger partial charge in [0.05, 0.1) is 12.8 Å². The Hall–Kier alpha value is -2.60. The molecule has 1 aromatic carbocycles. The summed E-state index contributed by atoms with van der Waals surface area (Å²) in [4.78, 5) is 16.0. The van der Waals surface area contributed by atoms with Gasteiger partial charge in [-0.1, -0.05) is 31.5 Å². The van der Waals surface area contributed by atoms with Crippen LogP contribution in [0, 0.1) is 0 Å². The van der Waals surface area contributed by atoms with Crippen LogP contribution in [-0.4, -0.2) is 36.9 Å². The fourth-order valence-electron chi connectivity index (χ4n) is 2.74. The third kappa shape index (κ3) is 5.96. The second kappa shape index (κ2) is 9.92. The van der Waals surface area contributed by atoms with E-state index in [2.05, 4.69) is 22.5 Å². The molecule has 2 N–H and O–H groups in total. The number of nitrogens with zero attached hydrogens (tertiary/aromatic N) is 1. The molecular weight excluding hydrogens is 342 g/mol. The second-order valence-electron chi connectivity index (χ2n) is 6.70. The summed E-state index contributed by atoms with van der Waals surface area (Å²) in [5.74, 6) is 0.768. The van der Waals surface area contributed by atoms with E-state index in [1.807, 2.05) is 36.5 Å². The van der Waals surface area contributed by atoms with Crippen LogP contribution in [0.2, 0.25) is 0 Å². The first kappa shape index (κ1) is 19.2. The summed E-state index contributed by atoms with van der Waals surface area (Å²) in [6.07, 6.45) is 6.22. The summed E-state index contributed by atoms with van der Waals surface area (Å²) in [6, 6.07) is 10.5. The van der Waals surface area contributed by atoms with E-state index in [9.17, 15) is 4.79 Å². The number of alkyl carbamates (subject to hydrolysis) is 1. The van der Waals surface area contributed by atoms with E-state index in [1.165, 1.54) is 0 Å². The summed E-state index contributed by atoms with van der Waals surface area (Å²) in [6.45, 7) is 4.67. The number of unbranched alkanes of at least 4 members (excludes halogenated alkanes) is 1. The maximum atomic E-state index is 11.7. The zero-order valence-corrected chi connectivity index (χ0v) is 15.7. The van der Waals surface area contributed by atoms with Crippen LogP contribution >= 0.6 is 0 Å². The molecule has 1 fully saturated rings. The molecule has 1 amide bonds. The van der Waals surface area contributed by atoms with Gasteiger partial charge in [0.2, 0.25) is 0 Å². The zero-order valence-electron chi connectivity index (χ0n) is 15.7. The quantitative estimate of drug-likeness (QED) is 0.662. The Balaban J connectivity index is 1.57. The molecule has 0 spiro atoms. The molecule has 2 aromatic rings. The lowest BCUT2D eigenvalue weighted by Crippen LogP contribution is -2.46. The molecule has 6 nitrogen and oxygen atoms in total. The predicted octanol–water partition coefficient (Wildman–Crippen LogP) is 3.52. The SMILES string of the molecule is CCCCOC(=O)NCc1cccc(-c2cncc(OC[C@@H]3CCN3)c2)c1. The Morgan fingerprint density at radius 2 is 2.19 bits per heavy atom. The van der Waals surface area contributed by atoms with Crippen molar-refractivity contribution in [2.45, 2.75) is 38.8 Å². The number of amides is 1. The summed E-state index contributed by atoms with van der Waals surface area (Å²) in [7, 11) is 0. The average molecular weight is 369 g/mol. The largest absolute Gasteiger partial charge is 0.490 e. The van der Waals surface area contributed by atoms with Gasteiger partial charge in [-0.2, -0.15) is 0 Å². The van der Waals surface area contributed by atoms with Crippen molar-refractivity contribution < 1.29 is 14.3 Å². The summed E-state index contributed by atoms with van der Waals surface area (Å²) in [5, 5.41) is 6.10. The number of nitrogens with one attached hydrogen (secondary N) is 2. The molecule has 144 valence electrons. The molecule has 27 heavy (non-hydrogen) atoms. The molecule has 0 saturated carbocycles. The molecule has 0 unspecified atom stereocenters. The lowest BCUT2D eigenvalue weighted by molar-refractivity contribution is 0.144. The molecule has 1 aromatic heterocycles. The summed E-state index contributed by atoms with van der Waals surface area (Å²) >= 11 is 0. The minimum atomic E-state index is -0.379. The monoisotopic (exact) mass is 369 g/mol. The molecule has 3 rings (SSSR count). The first-order valence-electron chi connectivity index (χ1n) is 9.56. The van der Waals surface area contributed by atoms with Crippen molar-refractivity contribution in [1.29, 1.82) is 0 Å². The van der Waals surface area contributed by atoms with Gasteiger partial charge in [-0.15, -0.1) is 0 Å². The number of carbonyl (C=O) groups is 1. The molecule has 2 heterocycles. The van der Waals surface area contributed by atoms with Crippen LogP contribution in [0.1, 0.15) is 31.7 Å². The highest BCUT2D eigenvalue weighted by Gasteiger charge is 2.16. The Kier molecular flexibility index (Phi) is 7.04. The summed E-state index contributed by atoms with van der Waals surface area (Å²) in [5.41, 5.74) is 3.03. The van der Waals surface area contributed by atoms with Gasteiger partial charge in [0.1, 0.15) is 12.4 Å².